The molecule has 0 aliphatic rings. The molecule has 20 heavy (non-hydrogen) atoms. The summed E-state index contributed by atoms with van der Waals surface area (Å²) in [5, 5.41) is 4.46. The van der Waals surface area contributed by atoms with E-state index >= 15 is 0 Å². The molecule has 1 unspecified atom stereocenters. The number of halogens is 1. The van der Waals surface area contributed by atoms with Gasteiger partial charge in [0.05, 0.1) is 10.7 Å². The largest absolute Gasteiger partial charge is 0.398 e. The maximum absolute atomic E-state index is 5.99. The lowest BCUT2D eigenvalue weighted by molar-refractivity contribution is 0.00718. The minimum absolute atomic E-state index is 0.130. The minimum Gasteiger partial charge on any atom is -0.398 e. The normalized spacial score (nSPS) is 13.4. The summed E-state index contributed by atoms with van der Waals surface area (Å²) in [6.45, 7) is 6.16. The van der Waals surface area contributed by atoms with Crippen molar-refractivity contribution in [2.75, 3.05) is 12.8 Å². The van der Waals surface area contributed by atoms with Crippen molar-refractivity contribution in [3.8, 4) is 11.5 Å². The zero-order valence-corrected chi connectivity index (χ0v) is 12.7. The first-order valence-electron chi connectivity index (χ1n) is 6.24. The van der Waals surface area contributed by atoms with Crippen LogP contribution in [0.2, 0.25) is 5.02 Å². The molecule has 0 amide bonds. The molecule has 5 nitrogen and oxygen atoms in total. The molecule has 108 valence electrons. The Balaban J connectivity index is 2.35. The van der Waals surface area contributed by atoms with Gasteiger partial charge in [-0.3, -0.25) is 0 Å². The smallest absolute Gasteiger partial charge is 0.258 e. The van der Waals surface area contributed by atoms with Gasteiger partial charge in [-0.2, -0.15) is 4.98 Å². The van der Waals surface area contributed by atoms with Gasteiger partial charge in [-0.25, -0.2) is 0 Å². The fraction of sp³-hybridized carbons (Fsp3) is 0.429. The molecular weight excluding hydrogens is 278 g/mol. The van der Waals surface area contributed by atoms with E-state index in [1.54, 1.807) is 25.3 Å². The number of nitrogens with zero attached hydrogens (tertiary/aromatic N) is 2. The number of aromatic nitrogens is 2. The number of anilines is 1. The van der Waals surface area contributed by atoms with E-state index in [-0.39, 0.29) is 11.5 Å². The van der Waals surface area contributed by atoms with Crippen molar-refractivity contribution >= 4 is 17.3 Å². The van der Waals surface area contributed by atoms with E-state index in [9.17, 15) is 0 Å². The average molecular weight is 296 g/mol. The molecule has 0 saturated heterocycles. The Morgan fingerprint density at radius 2 is 2.05 bits per heavy atom. The zero-order valence-electron chi connectivity index (χ0n) is 12.0. The van der Waals surface area contributed by atoms with Crippen LogP contribution in [0.3, 0.4) is 0 Å². The molecule has 2 aromatic rings. The van der Waals surface area contributed by atoms with Crippen LogP contribution in [0, 0.1) is 5.41 Å². The maximum atomic E-state index is 5.99. The molecule has 1 atom stereocenters. The van der Waals surface area contributed by atoms with Gasteiger partial charge in [0.25, 0.3) is 5.89 Å². The minimum atomic E-state index is -0.246. The second-order valence-electron chi connectivity index (χ2n) is 5.68. The van der Waals surface area contributed by atoms with Crippen LogP contribution >= 0.6 is 11.6 Å². The average Bonchev–Trinajstić information content (AvgIpc) is 2.81. The number of nitrogens with two attached hydrogens (primary N) is 1. The molecule has 6 heteroatoms. The Kier molecular flexibility index (Phi) is 4.01. The van der Waals surface area contributed by atoms with E-state index in [4.69, 9.17) is 26.6 Å². The van der Waals surface area contributed by atoms with E-state index in [1.807, 2.05) is 0 Å². The highest BCUT2D eigenvalue weighted by Crippen LogP contribution is 2.35. The lowest BCUT2D eigenvalue weighted by Crippen LogP contribution is -2.21. The van der Waals surface area contributed by atoms with Crippen LogP contribution in [-0.2, 0) is 4.74 Å². The fourth-order valence-corrected chi connectivity index (χ4v) is 2.15. The predicted octanol–water partition coefficient (Wildman–Crippen LogP) is 3.71. The van der Waals surface area contributed by atoms with Crippen molar-refractivity contribution in [2.45, 2.75) is 26.9 Å². The van der Waals surface area contributed by atoms with Crippen LogP contribution in [-0.4, -0.2) is 17.3 Å². The Labute approximate surface area is 123 Å². The second-order valence-corrected chi connectivity index (χ2v) is 6.08. The number of rotatable bonds is 3. The van der Waals surface area contributed by atoms with Gasteiger partial charge < -0.3 is 15.0 Å². The number of nitrogen functional groups attached to an aromatic ring is 1. The molecule has 0 spiro atoms. The highest BCUT2D eigenvalue weighted by molar-refractivity contribution is 6.33. The summed E-state index contributed by atoms with van der Waals surface area (Å²) in [7, 11) is 1.63. The van der Waals surface area contributed by atoms with Gasteiger partial charge in [-0.05, 0) is 23.6 Å². The van der Waals surface area contributed by atoms with Crippen molar-refractivity contribution in [3.63, 3.8) is 0 Å². The molecule has 0 aliphatic heterocycles. The number of benzene rings is 1. The van der Waals surface area contributed by atoms with Crippen molar-refractivity contribution in [1.29, 1.82) is 0 Å². The summed E-state index contributed by atoms with van der Waals surface area (Å²) < 4.78 is 10.7. The lowest BCUT2D eigenvalue weighted by Gasteiger charge is -2.26. The SMILES string of the molecule is COC(c1noc(-c2ccc(N)c(Cl)c2)n1)C(C)(C)C. The third kappa shape index (κ3) is 2.94. The Morgan fingerprint density at radius 1 is 1.35 bits per heavy atom. The molecular formula is C14H18ClN3O2. The van der Waals surface area contributed by atoms with E-state index < -0.39 is 0 Å². The molecule has 0 fully saturated rings. The first-order chi connectivity index (χ1) is 9.32. The summed E-state index contributed by atoms with van der Waals surface area (Å²) in [5.41, 5.74) is 6.79. The Morgan fingerprint density at radius 3 is 2.60 bits per heavy atom. The Hall–Kier alpha value is -1.59. The number of methoxy groups -OCH3 is 1. The summed E-state index contributed by atoms with van der Waals surface area (Å²) in [5.74, 6) is 0.913. The topological polar surface area (TPSA) is 74.2 Å². The van der Waals surface area contributed by atoms with Crippen molar-refractivity contribution < 1.29 is 9.26 Å². The van der Waals surface area contributed by atoms with Gasteiger partial charge in [0.2, 0.25) is 5.82 Å². The van der Waals surface area contributed by atoms with Crippen LogP contribution in [0.4, 0.5) is 5.69 Å². The molecule has 1 heterocycles. The molecule has 0 aliphatic carbocycles. The molecule has 2 rings (SSSR count). The van der Waals surface area contributed by atoms with Gasteiger partial charge in [-0.1, -0.05) is 37.5 Å². The van der Waals surface area contributed by atoms with Gasteiger partial charge >= 0.3 is 0 Å². The second kappa shape index (κ2) is 5.42. The van der Waals surface area contributed by atoms with Crippen LogP contribution in [0.5, 0.6) is 0 Å². The van der Waals surface area contributed by atoms with Gasteiger partial charge in [-0.15, -0.1) is 0 Å². The number of hydrogen-bond acceptors (Lipinski definition) is 5. The molecule has 2 N–H and O–H groups in total. The summed E-state index contributed by atoms with van der Waals surface area (Å²) in [6.07, 6.45) is -0.246. The van der Waals surface area contributed by atoms with Gasteiger partial charge in [0.15, 0.2) is 0 Å². The molecule has 0 bridgehead atoms. The van der Waals surface area contributed by atoms with Crippen LogP contribution in [0.1, 0.15) is 32.7 Å². The molecule has 0 saturated carbocycles. The van der Waals surface area contributed by atoms with Crippen LogP contribution in [0.25, 0.3) is 11.5 Å². The van der Waals surface area contributed by atoms with Crippen molar-refractivity contribution in [1.82, 2.24) is 10.1 Å². The van der Waals surface area contributed by atoms with E-state index in [1.165, 1.54) is 0 Å². The maximum Gasteiger partial charge on any atom is 0.258 e. The molecule has 1 aromatic carbocycles. The summed E-state index contributed by atoms with van der Waals surface area (Å²) in [6, 6.07) is 5.20. The highest BCUT2D eigenvalue weighted by atomic mass is 35.5. The van der Waals surface area contributed by atoms with Crippen molar-refractivity contribution in [2.24, 2.45) is 5.41 Å². The van der Waals surface area contributed by atoms with E-state index in [2.05, 4.69) is 30.9 Å². The van der Waals surface area contributed by atoms with Crippen LogP contribution in [0.15, 0.2) is 22.7 Å². The standard InChI is InChI=1S/C14H18ClN3O2/c1-14(2,3)11(19-4)12-17-13(20-18-12)8-5-6-10(16)9(15)7-8/h5-7,11H,16H2,1-4H3. The van der Waals surface area contributed by atoms with Crippen molar-refractivity contribution in [3.05, 3.63) is 29.0 Å². The fourth-order valence-electron chi connectivity index (χ4n) is 1.97. The zero-order chi connectivity index (χ0) is 14.9. The van der Waals surface area contributed by atoms with Gasteiger partial charge in [0.1, 0.15) is 6.10 Å². The highest BCUT2D eigenvalue weighted by Gasteiger charge is 2.30. The first kappa shape index (κ1) is 14.8. The summed E-state index contributed by atoms with van der Waals surface area (Å²) in [4.78, 5) is 4.39. The number of hydrogen-bond donors (Lipinski definition) is 1. The molecule has 0 radical (unpaired) electrons. The third-order valence-corrected chi connectivity index (χ3v) is 3.27. The molecule has 1 aromatic heterocycles. The van der Waals surface area contributed by atoms with E-state index in [0.29, 0.717) is 22.4 Å². The summed E-state index contributed by atoms with van der Waals surface area (Å²) >= 11 is 5.99. The lowest BCUT2D eigenvalue weighted by atomic mass is 9.88. The Bertz CT molecular complexity index is 605. The third-order valence-electron chi connectivity index (χ3n) is 2.95. The van der Waals surface area contributed by atoms with E-state index in [0.717, 1.165) is 5.56 Å². The number of ether oxygens (including phenoxy) is 1. The first-order valence-corrected chi connectivity index (χ1v) is 6.62. The quantitative estimate of drug-likeness (QED) is 0.874. The van der Waals surface area contributed by atoms with Crippen LogP contribution < -0.4 is 5.73 Å². The predicted molar refractivity (Wildman–Crippen MR) is 78.4 cm³/mol. The monoisotopic (exact) mass is 295 g/mol. The van der Waals surface area contributed by atoms with Gasteiger partial charge in [0, 0.05) is 12.7 Å².